The van der Waals surface area contributed by atoms with E-state index in [0.29, 0.717) is 5.84 Å². The summed E-state index contributed by atoms with van der Waals surface area (Å²) in [5.74, 6) is 1.47. The van der Waals surface area contributed by atoms with Crippen LogP contribution in [0.1, 0.15) is 22.9 Å². The summed E-state index contributed by atoms with van der Waals surface area (Å²) in [7, 11) is 0. The molecule has 13 aromatic rings. The molecule has 0 radical (unpaired) electrons. The van der Waals surface area contributed by atoms with Crippen LogP contribution in [0.5, 0.6) is 0 Å². The van der Waals surface area contributed by atoms with E-state index in [0.717, 1.165) is 93.9 Å². The number of aromatic nitrogens is 1. The van der Waals surface area contributed by atoms with E-state index in [1.54, 1.807) is 0 Å². The molecular formula is C61H38N4O. The van der Waals surface area contributed by atoms with Gasteiger partial charge in [0.25, 0.3) is 0 Å². The van der Waals surface area contributed by atoms with Crippen LogP contribution in [-0.4, -0.2) is 16.2 Å². The molecule has 1 atom stereocenters. The third kappa shape index (κ3) is 5.60. The van der Waals surface area contributed by atoms with Gasteiger partial charge in [-0.2, -0.15) is 0 Å². The summed E-state index contributed by atoms with van der Waals surface area (Å²) in [4.78, 5) is 10.9. The summed E-state index contributed by atoms with van der Waals surface area (Å²) in [5.41, 5.74) is 10.3. The first-order valence-electron chi connectivity index (χ1n) is 22.5. The molecule has 1 aliphatic rings. The number of hydrogen-bond acceptors (Lipinski definition) is 4. The highest BCUT2D eigenvalue weighted by molar-refractivity contribution is 6.24. The Morgan fingerprint density at radius 3 is 1.77 bits per heavy atom. The second-order valence-electron chi connectivity index (χ2n) is 17.3. The van der Waals surface area contributed by atoms with Gasteiger partial charge in [-0.3, -0.25) is 0 Å². The van der Waals surface area contributed by atoms with Gasteiger partial charge >= 0.3 is 0 Å². The zero-order valence-corrected chi connectivity index (χ0v) is 35.6. The Balaban J connectivity index is 1.06. The highest BCUT2D eigenvalue weighted by Gasteiger charge is 2.26. The molecule has 3 heterocycles. The van der Waals surface area contributed by atoms with E-state index >= 15 is 0 Å². The molecule has 0 bridgehead atoms. The maximum absolute atomic E-state index is 6.57. The molecule has 1 N–H and O–H groups in total. The molecule has 0 saturated carbocycles. The molecule has 0 saturated heterocycles. The van der Waals surface area contributed by atoms with Gasteiger partial charge in [0.1, 0.15) is 23.2 Å². The first kappa shape index (κ1) is 36.7. The molecule has 0 fully saturated rings. The predicted octanol–water partition coefficient (Wildman–Crippen LogP) is 15.5. The van der Waals surface area contributed by atoms with Gasteiger partial charge in [-0.25, -0.2) is 9.98 Å². The van der Waals surface area contributed by atoms with Crippen LogP contribution in [-0.2, 0) is 0 Å². The highest BCUT2D eigenvalue weighted by atomic mass is 16.3. The van der Waals surface area contributed by atoms with Gasteiger partial charge in [0.15, 0.2) is 5.84 Å². The first-order valence-corrected chi connectivity index (χ1v) is 22.5. The summed E-state index contributed by atoms with van der Waals surface area (Å²) in [6.07, 6.45) is -0.468. The van der Waals surface area contributed by atoms with Crippen LogP contribution in [0, 0.1) is 0 Å². The quantitative estimate of drug-likeness (QED) is 0.188. The summed E-state index contributed by atoms with van der Waals surface area (Å²) in [5, 5.41) is 17.9. The number of para-hydroxylation sites is 1. The molecule has 1 unspecified atom stereocenters. The van der Waals surface area contributed by atoms with Gasteiger partial charge in [0.05, 0.1) is 16.7 Å². The van der Waals surface area contributed by atoms with Crippen LogP contribution < -0.4 is 5.32 Å². The Morgan fingerprint density at radius 1 is 0.394 bits per heavy atom. The van der Waals surface area contributed by atoms with Crippen molar-refractivity contribution in [2.75, 3.05) is 0 Å². The normalized spacial score (nSPS) is 14.2. The van der Waals surface area contributed by atoms with Crippen molar-refractivity contribution in [3.63, 3.8) is 0 Å². The fourth-order valence-corrected chi connectivity index (χ4v) is 10.6. The molecule has 66 heavy (non-hydrogen) atoms. The van der Waals surface area contributed by atoms with Crippen LogP contribution in [0.3, 0.4) is 0 Å². The number of nitrogens with one attached hydrogen (secondary N) is 1. The third-order valence-corrected chi connectivity index (χ3v) is 13.6. The smallest absolute Gasteiger partial charge is 0.160 e. The lowest BCUT2D eigenvalue weighted by Crippen LogP contribution is -2.33. The minimum atomic E-state index is -0.468. The Labute approximate surface area is 379 Å². The van der Waals surface area contributed by atoms with Gasteiger partial charge in [-0.1, -0.05) is 176 Å². The van der Waals surface area contributed by atoms with E-state index in [2.05, 4.69) is 222 Å². The van der Waals surface area contributed by atoms with Crippen molar-refractivity contribution in [2.45, 2.75) is 6.17 Å². The lowest BCUT2D eigenvalue weighted by atomic mass is 9.95. The maximum atomic E-state index is 6.57. The van der Waals surface area contributed by atoms with Gasteiger partial charge < -0.3 is 14.3 Å². The van der Waals surface area contributed by atoms with Crippen molar-refractivity contribution in [1.29, 1.82) is 0 Å². The number of benzene rings is 11. The van der Waals surface area contributed by atoms with Crippen molar-refractivity contribution in [3.8, 4) is 16.8 Å². The van der Waals surface area contributed by atoms with E-state index in [-0.39, 0.29) is 0 Å². The number of hydrogen-bond donors (Lipinski definition) is 1. The largest absolute Gasteiger partial charge is 0.456 e. The van der Waals surface area contributed by atoms with Gasteiger partial charge in [-0.15, -0.1) is 0 Å². The van der Waals surface area contributed by atoms with Crippen molar-refractivity contribution in [2.24, 2.45) is 9.98 Å². The van der Waals surface area contributed by atoms with Crippen LogP contribution in [0.2, 0.25) is 0 Å². The fraction of sp³-hybridized carbons (Fsp3) is 0.0164. The van der Waals surface area contributed by atoms with Crippen molar-refractivity contribution < 1.29 is 4.42 Å². The Bertz CT molecular complexity index is 4220. The number of aliphatic imine (C=N–C) groups is 2. The Hall–Kier alpha value is -8.80. The average Bonchev–Trinajstić information content (AvgIpc) is 3.93. The second kappa shape index (κ2) is 14.4. The van der Waals surface area contributed by atoms with Crippen LogP contribution in [0.15, 0.2) is 233 Å². The molecule has 1 aliphatic heterocycles. The zero-order valence-electron chi connectivity index (χ0n) is 35.6. The third-order valence-electron chi connectivity index (χ3n) is 13.6. The van der Waals surface area contributed by atoms with E-state index in [4.69, 9.17) is 14.4 Å². The van der Waals surface area contributed by atoms with Crippen LogP contribution in [0.4, 0.5) is 0 Å². The predicted molar refractivity (Wildman–Crippen MR) is 275 cm³/mol. The molecule has 14 rings (SSSR count). The highest BCUT2D eigenvalue weighted by Crippen LogP contribution is 2.45. The SMILES string of the molecule is c1ccc2cc3c(cc2c1)c1c2ccccc2ccc1n3-c1ccc(C2N=C(c3cccc4ccccc34)N=C(c3cccc4ccccc34)N2)cc1-c1cccc2oc3ccccc3c12. The van der Waals surface area contributed by atoms with Crippen molar-refractivity contribution >= 4 is 98.5 Å². The molecule has 0 amide bonds. The summed E-state index contributed by atoms with van der Waals surface area (Å²) in [6, 6.07) is 78.2. The number of nitrogens with zero attached hydrogens (tertiary/aromatic N) is 3. The Morgan fingerprint density at radius 2 is 0.985 bits per heavy atom. The van der Waals surface area contributed by atoms with Gasteiger partial charge in [0.2, 0.25) is 0 Å². The summed E-state index contributed by atoms with van der Waals surface area (Å²) < 4.78 is 9.05. The van der Waals surface area contributed by atoms with Crippen molar-refractivity contribution in [3.05, 3.63) is 235 Å². The fourth-order valence-electron chi connectivity index (χ4n) is 10.6. The molecular weight excluding hydrogens is 805 g/mol. The average molecular weight is 843 g/mol. The Kier molecular flexibility index (Phi) is 7.98. The minimum absolute atomic E-state index is 0.468. The second-order valence-corrected chi connectivity index (χ2v) is 17.3. The number of furan rings is 1. The molecule has 0 spiro atoms. The minimum Gasteiger partial charge on any atom is -0.456 e. The molecule has 2 aromatic heterocycles. The summed E-state index contributed by atoms with van der Waals surface area (Å²) in [6.45, 7) is 0. The van der Waals surface area contributed by atoms with Gasteiger partial charge in [0, 0.05) is 38.2 Å². The molecule has 11 aromatic carbocycles. The molecule has 0 aliphatic carbocycles. The lowest BCUT2D eigenvalue weighted by molar-refractivity contribution is 0.669. The van der Waals surface area contributed by atoms with Crippen LogP contribution in [0.25, 0.3) is 104 Å². The van der Waals surface area contributed by atoms with Crippen molar-refractivity contribution in [1.82, 2.24) is 9.88 Å². The van der Waals surface area contributed by atoms with E-state index in [1.807, 2.05) is 6.07 Å². The first-order chi connectivity index (χ1) is 32.7. The van der Waals surface area contributed by atoms with E-state index < -0.39 is 6.17 Å². The molecule has 5 heteroatoms. The summed E-state index contributed by atoms with van der Waals surface area (Å²) >= 11 is 0. The number of rotatable bonds is 5. The van der Waals surface area contributed by atoms with E-state index in [1.165, 1.54) is 32.3 Å². The standard InChI is InChI=1S/C61H38N4O/c1-2-18-41-36-54-51(34-40(41)17-1)57-45-23-8-5-16-39(45)30-33-53(57)65(54)52-32-31-42(35-50(52)46-25-13-29-56-58(46)49-24-9-10-28-55(49)66-56)59-62-60(47-26-11-19-37-14-3-6-21-43(37)47)64-61(63-59)48-27-12-20-38-15-4-7-22-44(38)48/h1-36,59H,(H,62,63,64). The van der Waals surface area contributed by atoms with E-state index in [9.17, 15) is 0 Å². The zero-order chi connectivity index (χ0) is 43.3. The van der Waals surface area contributed by atoms with Gasteiger partial charge in [-0.05, 0) is 96.7 Å². The lowest BCUT2D eigenvalue weighted by Gasteiger charge is -2.26. The number of amidine groups is 2. The molecule has 308 valence electrons. The number of fused-ring (bicyclic) bond motifs is 11. The topological polar surface area (TPSA) is 54.8 Å². The maximum Gasteiger partial charge on any atom is 0.160 e. The molecule has 5 nitrogen and oxygen atoms in total. The van der Waals surface area contributed by atoms with Crippen LogP contribution >= 0.6 is 0 Å². The monoisotopic (exact) mass is 842 g/mol.